The summed E-state index contributed by atoms with van der Waals surface area (Å²) in [6.45, 7) is 3.63. The van der Waals surface area contributed by atoms with Crippen molar-refractivity contribution in [3.63, 3.8) is 0 Å². The molecule has 2 unspecified atom stereocenters. The molecule has 0 aliphatic carbocycles. The molecule has 0 radical (unpaired) electrons. The molecule has 2 atom stereocenters. The van der Waals surface area contributed by atoms with Crippen LogP contribution in [0.15, 0.2) is 31.0 Å². The maximum absolute atomic E-state index is 12.9. The maximum atomic E-state index is 12.9. The van der Waals surface area contributed by atoms with Crippen molar-refractivity contribution < 1.29 is 4.79 Å². The number of carbonyl (C=O) groups excluding carboxylic acids is 1. The Morgan fingerprint density at radius 1 is 1.28 bits per heavy atom. The minimum Gasteiger partial charge on any atom is -0.335 e. The fourth-order valence-electron chi connectivity index (χ4n) is 3.79. The number of imidazole rings is 1. The van der Waals surface area contributed by atoms with Gasteiger partial charge in [-0.2, -0.15) is 5.10 Å². The van der Waals surface area contributed by atoms with Gasteiger partial charge in [-0.3, -0.25) is 9.48 Å². The number of nitrogens with zero attached hydrogens (tertiary/aromatic N) is 5. The van der Waals surface area contributed by atoms with Gasteiger partial charge in [0.1, 0.15) is 5.69 Å². The van der Waals surface area contributed by atoms with Gasteiger partial charge in [-0.15, -0.1) is 12.4 Å². The molecule has 1 N–H and O–H groups in total. The van der Waals surface area contributed by atoms with Gasteiger partial charge >= 0.3 is 0 Å². The molecule has 0 spiro atoms. The van der Waals surface area contributed by atoms with Gasteiger partial charge < -0.3 is 14.8 Å². The van der Waals surface area contributed by atoms with Crippen molar-refractivity contribution in [3.05, 3.63) is 36.7 Å². The molecule has 0 aromatic carbocycles. The van der Waals surface area contributed by atoms with Crippen molar-refractivity contribution in [2.45, 2.75) is 44.3 Å². The third-order valence-electron chi connectivity index (χ3n) is 5.09. The Morgan fingerprint density at radius 3 is 2.96 bits per heavy atom. The highest BCUT2D eigenvalue weighted by Gasteiger charge is 2.31. The summed E-state index contributed by atoms with van der Waals surface area (Å²) in [7, 11) is 0. The van der Waals surface area contributed by atoms with Crippen LogP contribution < -0.4 is 5.32 Å². The second kappa shape index (κ2) is 8.01. The lowest BCUT2D eigenvalue weighted by molar-refractivity contribution is 0.0716. The van der Waals surface area contributed by atoms with E-state index in [1.165, 1.54) is 0 Å². The van der Waals surface area contributed by atoms with Crippen LogP contribution >= 0.6 is 12.4 Å². The number of amides is 1. The molecule has 4 heterocycles. The summed E-state index contributed by atoms with van der Waals surface area (Å²) in [4.78, 5) is 19.0. The number of nitrogens with one attached hydrogen (secondary N) is 1. The maximum Gasteiger partial charge on any atom is 0.274 e. The predicted molar refractivity (Wildman–Crippen MR) is 96.9 cm³/mol. The van der Waals surface area contributed by atoms with Gasteiger partial charge in [-0.05, 0) is 38.3 Å². The summed E-state index contributed by atoms with van der Waals surface area (Å²) in [5.74, 6) is 0.0557. The second-order valence-electron chi connectivity index (χ2n) is 6.74. The minimum atomic E-state index is 0. The smallest absolute Gasteiger partial charge is 0.274 e. The quantitative estimate of drug-likeness (QED) is 0.897. The van der Waals surface area contributed by atoms with Crippen LogP contribution in [0.1, 0.15) is 42.2 Å². The van der Waals surface area contributed by atoms with Gasteiger partial charge in [0.25, 0.3) is 5.91 Å². The number of aromatic nitrogens is 4. The predicted octanol–water partition coefficient (Wildman–Crippen LogP) is 1.73. The zero-order valence-electron chi connectivity index (χ0n) is 14.3. The van der Waals surface area contributed by atoms with Gasteiger partial charge in [0, 0.05) is 38.2 Å². The van der Waals surface area contributed by atoms with E-state index in [0.29, 0.717) is 11.7 Å². The Hall–Kier alpha value is -1.86. The molecule has 2 aromatic heterocycles. The van der Waals surface area contributed by atoms with E-state index in [9.17, 15) is 4.79 Å². The number of rotatable bonds is 4. The Bertz CT molecular complexity index is 679. The molecule has 136 valence electrons. The van der Waals surface area contributed by atoms with E-state index in [4.69, 9.17) is 0 Å². The van der Waals surface area contributed by atoms with Crippen LogP contribution in [-0.4, -0.2) is 55.8 Å². The van der Waals surface area contributed by atoms with E-state index < -0.39 is 0 Å². The van der Waals surface area contributed by atoms with Crippen LogP contribution in [0.5, 0.6) is 0 Å². The summed E-state index contributed by atoms with van der Waals surface area (Å²) in [5, 5.41) is 7.97. The van der Waals surface area contributed by atoms with Crippen LogP contribution in [0.4, 0.5) is 0 Å². The van der Waals surface area contributed by atoms with Crippen molar-refractivity contribution in [1.29, 1.82) is 0 Å². The fourth-order valence-corrected chi connectivity index (χ4v) is 3.79. The molecular formula is C17H25ClN6O. The van der Waals surface area contributed by atoms with Crippen molar-refractivity contribution in [2.75, 3.05) is 19.6 Å². The molecular weight excluding hydrogens is 340 g/mol. The Kier molecular flexibility index (Phi) is 5.75. The summed E-state index contributed by atoms with van der Waals surface area (Å²) in [6, 6.07) is 2.46. The number of hydrogen-bond acceptors (Lipinski definition) is 4. The number of piperidine rings is 1. The second-order valence-corrected chi connectivity index (χ2v) is 6.74. The van der Waals surface area contributed by atoms with E-state index in [0.717, 1.165) is 51.9 Å². The first kappa shape index (κ1) is 17.9. The topological polar surface area (TPSA) is 68.0 Å². The van der Waals surface area contributed by atoms with E-state index >= 15 is 0 Å². The lowest BCUT2D eigenvalue weighted by Crippen LogP contribution is -2.38. The molecule has 1 amide bonds. The first-order valence-corrected chi connectivity index (χ1v) is 8.84. The summed E-state index contributed by atoms with van der Waals surface area (Å²) >= 11 is 0. The Morgan fingerprint density at radius 2 is 2.20 bits per heavy atom. The van der Waals surface area contributed by atoms with Crippen molar-refractivity contribution in [3.8, 4) is 0 Å². The molecule has 0 bridgehead atoms. The standard InChI is InChI=1S/C17H24N6O.ClH/c24-17(16-5-9-23(20-16)14-3-1-6-18-11-14)22-8-2-4-15(22)12-21-10-7-19-13-21;/h5,7,9-10,13-15,18H,1-4,6,8,11-12H2;1H. The molecule has 8 heteroatoms. The lowest BCUT2D eigenvalue weighted by atomic mass is 10.1. The van der Waals surface area contributed by atoms with Gasteiger partial charge in [-0.25, -0.2) is 4.98 Å². The lowest BCUT2D eigenvalue weighted by Gasteiger charge is -2.25. The monoisotopic (exact) mass is 364 g/mol. The number of likely N-dealkylation sites (tertiary alicyclic amines) is 1. The highest BCUT2D eigenvalue weighted by molar-refractivity contribution is 5.92. The fraction of sp³-hybridized carbons (Fsp3) is 0.588. The molecule has 25 heavy (non-hydrogen) atoms. The largest absolute Gasteiger partial charge is 0.335 e. The molecule has 2 saturated heterocycles. The molecule has 7 nitrogen and oxygen atoms in total. The third kappa shape index (κ3) is 3.88. The Labute approximate surface area is 153 Å². The molecule has 4 rings (SSSR count). The van der Waals surface area contributed by atoms with Gasteiger partial charge in [0.15, 0.2) is 0 Å². The van der Waals surface area contributed by atoms with Crippen LogP contribution in [0.3, 0.4) is 0 Å². The number of halogens is 1. The minimum absolute atomic E-state index is 0. The highest BCUT2D eigenvalue weighted by atomic mass is 35.5. The van der Waals surface area contributed by atoms with Crippen LogP contribution in [-0.2, 0) is 6.54 Å². The third-order valence-corrected chi connectivity index (χ3v) is 5.09. The van der Waals surface area contributed by atoms with E-state index in [-0.39, 0.29) is 24.4 Å². The first-order chi connectivity index (χ1) is 11.8. The average Bonchev–Trinajstić information content (AvgIpc) is 3.37. The Balaban J connectivity index is 0.00000182. The number of carbonyl (C=O) groups is 1. The van der Waals surface area contributed by atoms with Gasteiger partial charge in [-0.1, -0.05) is 0 Å². The summed E-state index contributed by atoms with van der Waals surface area (Å²) in [6.07, 6.45) is 11.9. The SMILES string of the molecule is Cl.O=C(c1ccn(C2CCCNC2)n1)N1CCCC1Cn1ccnc1. The zero-order valence-corrected chi connectivity index (χ0v) is 15.1. The summed E-state index contributed by atoms with van der Waals surface area (Å²) in [5.41, 5.74) is 0.568. The molecule has 2 fully saturated rings. The highest BCUT2D eigenvalue weighted by Crippen LogP contribution is 2.22. The average molecular weight is 365 g/mol. The normalized spacial score (nSPS) is 23.4. The molecule has 2 aliphatic heterocycles. The van der Waals surface area contributed by atoms with Crippen LogP contribution in [0.2, 0.25) is 0 Å². The molecule has 0 saturated carbocycles. The molecule has 2 aliphatic rings. The van der Waals surface area contributed by atoms with E-state index in [1.54, 1.807) is 6.20 Å². The molecule has 2 aromatic rings. The van der Waals surface area contributed by atoms with Crippen molar-refractivity contribution >= 4 is 18.3 Å². The van der Waals surface area contributed by atoms with Crippen molar-refractivity contribution in [2.24, 2.45) is 0 Å². The van der Waals surface area contributed by atoms with Gasteiger partial charge in [0.05, 0.1) is 18.4 Å². The first-order valence-electron chi connectivity index (χ1n) is 8.84. The number of hydrogen-bond donors (Lipinski definition) is 1. The van der Waals surface area contributed by atoms with Crippen molar-refractivity contribution in [1.82, 2.24) is 29.5 Å². The van der Waals surface area contributed by atoms with E-state index in [2.05, 4.69) is 15.4 Å². The van der Waals surface area contributed by atoms with E-state index in [1.807, 2.05) is 38.9 Å². The van der Waals surface area contributed by atoms with Crippen LogP contribution in [0.25, 0.3) is 0 Å². The summed E-state index contributed by atoms with van der Waals surface area (Å²) < 4.78 is 4.00. The van der Waals surface area contributed by atoms with Gasteiger partial charge in [0.2, 0.25) is 0 Å². The zero-order chi connectivity index (χ0) is 16.4. The van der Waals surface area contributed by atoms with Crippen LogP contribution in [0, 0.1) is 0 Å².